The fourth-order valence-corrected chi connectivity index (χ4v) is 5.46. The third kappa shape index (κ3) is 5.93. The number of imide groups is 1. The minimum absolute atomic E-state index is 0.0946. The smallest absolute Gasteiger partial charge is 0.321 e. The molecule has 3 amide bonds. The highest BCUT2D eigenvalue weighted by atomic mass is 32.2. The molecule has 0 radical (unpaired) electrons. The quantitative estimate of drug-likeness (QED) is 0.622. The number of carbonyl (C=O) groups excluding carboxylic acids is 2. The molecule has 1 aliphatic heterocycles. The molecule has 3 N–H and O–H groups in total. The summed E-state index contributed by atoms with van der Waals surface area (Å²) in [7, 11) is -3.61. The van der Waals surface area contributed by atoms with E-state index >= 15 is 0 Å². The predicted molar refractivity (Wildman–Crippen MR) is 113 cm³/mol. The van der Waals surface area contributed by atoms with Crippen LogP contribution in [0.1, 0.15) is 39.5 Å². The first-order valence-corrected chi connectivity index (χ1v) is 11.8. The van der Waals surface area contributed by atoms with Gasteiger partial charge in [0, 0.05) is 24.8 Å². The summed E-state index contributed by atoms with van der Waals surface area (Å²) >= 11 is 0. The molecule has 0 spiro atoms. The fraction of sp³-hybridized carbons (Fsp3) is 0.600. The number of rotatable bonds is 6. The molecule has 1 saturated carbocycles. The summed E-state index contributed by atoms with van der Waals surface area (Å²) < 4.78 is 32.8. The van der Waals surface area contributed by atoms with Gasteiger partial charge in [-0.2, -0.15) is 4.31 Å². The first-order valence-electron chi connectivity index (χ1n) is 10.3. The molecule has 2 fully saturated rings. The predicted octanol–water partition coefficient (Wildman–Crippen LogP) is 1.66. The third-order valence-corrected chi connectivity index (χ3v) is 7.12. The average Bonchev–Trinajstić information content (AvgIpc) is 3.18. The number of benzene rings is 1. The average molecular weight is 439 g/mol. The van der Waals surface area contributed by atoms with Crippen LogP contribution in [0, 0.1) is 0 Å². The number of amides is 3. The second-order valence-electron chi connectivity index (χ2n) is 7.96. The van der Waals surface area contributed by atoms with Crippen molar-refractivity contribution in [3.8, 4) is 0 Å². The van der Waals surface area contributed by atoms with Crippen molar-refractivity contribution in [2.45, 2.75) is 62.7 Å². The molecule has 1 heterocycles. The Kier molecular flexibility index (Phi) is 7.32. The van der Waals surface area contributed by atoms with Gasteiger partial charge >= 0.3 is 6.03 Å². The van der Waals surface area contributed by atoms with Crippen LogP contribution in [-0.2, 0) is 19.6 Å². The molecule has 9 nitrogen and oxygen atoms in total. The second-order valence-corrected chi connectivity index (χ2v) is 9.90. The highest BCUT2D eigenvalue weighted by Gasteiger charge is 2.32. The Morgan fingerprint density at radius 2 is 1.67 bits per heavy atom. The number of urea groups is 1. The van der Waals surface area contributed by atoms with Gasteiger partial charge in [-0.3, -0.25) is 10.1 Å². The van der Waals surface area contributed by atoms with E-state index in [9.17, 15) is 18.0 Å². The summed E-state index contributed by atoms with van der Waals surface area (Å²) in [6, 6.07) is 5.88. The normalized spacial score (nSPS) is 23.1. The molecule has 3 rings (SSSR count). The van der Waals surface area contributed by atoms with Crippen LogP contribution in [-0.4, -0.2) is 62.5 Å². The van der Waals surface area contributed by atoms with Gasteiger partial charge in [0.1, 0.15) is 0 Å². The molecular weight excluding hydrogens is 408 g/mol. The summed E-state index contributed by atoms with van der Waals surface area (Å²) in [5, 5.41) is 7.98. The van der Waals surface area contributed by atoms with Crippen molar-refractivity contribution in [3.05, 3.63) is 24.3 Å². The standard InChI is InChI=1S/C20H30N4O5S/c1-14-12-24(13-15(2)29-14)30(27,28)18-9-7-16(8-10-18)21-11-19(25)23-20(26)22-17-5-3-4-6-17/h7-10,14-15,17,21H,3-6,11-13H2,1-2H3,(H2,22,23,25,26). The molecule has 30 heavy (non-hydrogen) atoms. The summed E-state index contributed by atoms with van der Waals surface area (Å²) in [6.45, 7) is 4.24. The van der Waals surface area contributed by atoms with Crippen LogP contribution in [0.3, 0.4) is 0 Å². The first-order chi connectivity index (χ1) is 14.2. The Balaban J connectivity index is 1.50. The van der Waals surface area contributed by atoms with Crippen molar-refractivity contribution >= 4 is 27.6 Å². The van der Waals surface area contributed by atoms with Crippen LogP contribution in [0.2, 0.25) is 0 Å². The van der Waals surface area contributed by atoms with Gasteiger partial charge < -0.3 is 15.4 Å². The lowest BCUT2D eigenvalue weighted by molar-refractivity contribution is -0.118. The van der Waals surface area contributed by atoms with Crippen LogP contribution < -0.4 is 16.0 Å². The number of sulfonamides is 1. The van der Waals surface area contributed by atoms with E-state index in [0.29, 0.717) is 18.8 Å². The Morgan fingerprint density at radius 3 is 2.27 bits per heavy atom. The zero-order chi connectivity index (χ0) is 21.7. The monoisotopic (exact) mass is 438 g/mol. The van der Waals surface area contributed by atoms with Gasteiger partial charge in [0.15, 0.2) is 0 Å². The van der Waals surface area contributed by atoms with Crippen molar-refractivity contribution in [1.29, 1.82) is 0 Å². The van der Waals surface area contributed by atoms with E-state index in [4.69, 9.17) is 4.74 Å². The highest BCUT2D eigenvalue weighted by Crippen LogP contribution is 2.22. The van der Waals surface area contributed by atoms with Gasteiger partial charge in [-0.1, -0.05) is 12.8 Å². The summed E-state index contributed by atoms with van der Waals surface area (Å²) in [4.78, 5) is 24.0. The number of hydrogen-bond donors (Lipinski definition) is 3. The Labute approximate surface area is 177 Å². The van der Waals surface area contributed by atoms with Crippen molar-refractivity contribution in [1.82, 2.24) is 14.9 Å². The number of anilines is 1. The molecule has 1 aromatic carbocycles. The number of nitrogens with zero attached hydrogens (tertiary/aromatic N) is 1. The number of ether oxygens (including phenoxy) is 1. The number of hydrogen-bond acceptors (Lipinski definition) is 6. The van der Waals surface area contributed by atoms with Gasteiger partial charge in [0.05, 0.1) is 23.6 Å². The SMILES string of the molecule is CC1CN(S(=O)(=O)c2ccc(NCC(=O)NC(=O)NC3CCCC3)cc2)CC(C)O1. The minimum atomic E-state index is -3.61. The van der Waals surface area contributed by atoms with E-state index in [0.717, 1.165) is 25.7 Å². The van der Waals surface area contributed by atoms with Gasteiger partial charge in [-0.25, -0.2) is 13.2 Å². The van der Waals surface area contributed by atoms with E-state index < -0.39 is 22.0 Å². The maximum atomic E-state index is 12.9. The van der Waals surface area contributed by atoms with Crippen molar-refractivity contribution in [2.24, 2.45) is 0 Å². The van der Waals surface area contributed by atoms with E-state index in [1.54, 1.807) is 12.1 Å². The molecule has 10 heteroatoms. The second kappa shape index (κ2) is 9.76. The van der Waals surface area contributed by atoms with Gasteiger partial charge in [0.2, 0.25) is 15.9 Å². The maximum absolute atomic E-state index is 12.9. The molecule has 2 unspecified atom stereocenters. The zero-order valence-electron chi connectivity index (χ0n) is 17.4. The molecule has 1 aliphatic carbocycles. The van der Waals surface area contributed by atoms with Crippen molar-refractivity contribution in [3.63, 3.8) is 0 Å². The van der Waals surface area contributed by atoms with Crippen molar-refractivity contribution in [2.75, 3.05) is 25.0 Å². The van der Waals surface area contributed by atoms with E-state index in [2.05, 4.69) is 16.0 Å². The number of morpholine rings is 1. The largest absolute Gasteiger partial charge is 0.376 e. The van der Waals surface area contributed by atoms with E-state index in [-0.39, 0.29) is 29.7 Å². The number of carbonyl (C=O) groups is 2. The summed E-state index contributed by atoms with van der Waals surface area (Å²) in [6.07, 6.45) is 3.75. The molecule has 166 valence electrons. The van der Waals surface area contributed by atoms with Crippen LogP contribution in [0.15, 0.2) is 29.2 Å². The summed E-state index contributed by atoms with van der Waals surface area (Å²) in [5.74, 6) is -0.460. The van der Waals surface area contributed by atoms with E-state index in [1.165, 1.54) is 16.4 Å². The van der Waals surface area contributed by atoms with Gasteiger partial charge in [0.25, 0.3) is 0 Å². The zero-order valence-corrected chi connectivity index (χ0v) is 18.2. The highest BCUT2D eigenvalue weighted by molar-refractivity contribution is 7.89. The molecule has 0 aromatic heterocycles. The molecule has 1 saturated heterocycles. The lowest BCUT2D eigenvalue weighted by Crippen LogP contribution is -2.48. The fourth-order valence-electron chi connectivity index (χ4n) is 3.87. The lowest BCUT2D eigenvalue weighted by atomic mass is 10.2. The van der Waals surface area contributed by atoms with Crippen LogP contribution in [0.5, 0.6) is 0 Å². The first kappa shape index (κ1) is 22.5. The minimum Gasteiger partial charge on any atom is -0.376 e. The van der Waals surface area contributed by atoms with Gasteiger partial charge in [-0.15, -0.1) is 0 Å². The number of nitrogens with one attached hydrogen (secondary N) is 3. The van der Waals surface area contributed by atoms with Crippen molar-refractivity contribution < 1.29 is 22.7 Å². The molecule has 2 aliphatic rings. The summed E-state index contributed by atoms with van der Waals surface area (Å²) in [5.41, 5.74) is 0.587. The van der Waals surface area contributed by atoms with E-state index in [1.807, 2.05) is 13.8 Å². The molecule has 0 bridgehead atoms. The maximum Gasteiger partial charge on any atom is 0.321 e. The Morgan fingerprint density at radius 1 is 1.07 bits per heavy atom. The van der Waals surface area contributed by atoms with Crippen LogP contribution >= 0.6 is 0 Å². The van der Waals surface area contributed by atoms with Crippen LogP contribution in [0.25, 0.3) is 0 Å². The molecule has 2 atom stereocenters. The van der Waals surface area contributed by atoms with Gasteiger partial charge in [-0.05, 0) is 51.0 Å². The molecule has 1 aromatic rings. The molecular formula is C20H30N4O5S. The third-order valence-electron chi connectivity index (χ3n) is 5.27. The lowest BCUT2D eigenvalue weighted by Gasteiger charge is -2.34. The topological polar surface area (TPSA) is 117 Å². The Bertz CT molecular complexity index is 842. The van der Waals surface area contributed by atoms with Crippen LogP contribution in [0.4, 0.5) is 10.5 Å². The Hall–Kier alpha value is -2.17.